The standard InChI is InChI=1S/C18H26O4/c1-16(2)17(3)11-12-18(16,22-14(17)19)15(20)21-13-9-7-5-4-6-8-10-13/h7,9,13H,4-6,8,10-12H2,1-3H3/b9-7-/t13?,17?,18-/m1/s1. The highest BCUT2D eigenvalue weighted by Crippen LogP contribution is 2.65. The van der Waals surface area contributed by atoms with E-state index in [9.17, 15) is 9.59 Å². The van der Waals surface area contributed by atoms with E-state index in [1.165, 1.54) is 12.8 Å². The fraction of sp³-hybridized carbons (Fsp3) is 0.778. The lowest BCUT2D eigenvalue weighted by atomic mass is 9.66. The molecule has 4 nitrogen and oxygen atoms in total. The van der Waals surface area contributed by atoms with Crippen LogP contribution in [0.3, 0.4) is 0 Å². The smallest absolute Gasteiger partial charge is 0.351 e. The molecule has 22 heavy (non-hydrogen) atoms. The lowest BCUT2D eigenvalue weighted by Crippen LogP contribution is -2.49. The molecule has 1 saturated carbocycles. The number of fused-ring (bicyclic) bond motifs is 2. The molecule has 0 N–H and O–H groups in total. The van der Waals surface area contributed by atoms with E-state index in [-0.39, 0.29) is 18.0 Å². The zero-order chi connectivity index (χ0) is 16.0. The van der Waals surface area contributed by atoms with Gasteiger partial charge in [0.2, 0.25) is 5.60 Å². The maximum Gasteiger partial charge on any atom is 0.351 e. The molecule has 0 aromatic carbocycles. The van der Waals surface area contributed by atoms with Crippen molar-refractivity contribution in [3.63, 3.8) is 0 Å². The quantitative estimate of drug-likeness (QED) is 0.578. The van der Waals surface area contributed by atoms with Crippen LogP contribution in [-0.4, -0.2) is 23.6 Å². The van der Waals surface area contributed by atoms with Crippen molar-refractivity contribution in [2.45, 2.75) is 77.4 Å². The fourth-order valence-electron chi connectivity index (χ4n) is 4.16. The van der Waals surface area contributed by atoms with Crippen molar-refractivity contribution in [2.75, 3.05) is 0 Å². The molecule has 0 aromatic rings. The zero-order valence-electron chi connectivity index (χ0n) is 13.8. The van der Waals surface area contributed by atoms with Crippen LogP contribution in [-0.2, 0) is 19.1 Å². The summed E-state index contributed by atoms with van der Waals surface area (Å²) in [5.41, 5.74) is -2.21. The molecule has 1 heterocycles. The molecule has 0 amide bonds. The molecular formula is C18H26O4. The monoisotopic (exact) mass is 306 g/mol. The summed E-state index contributed by atoms with van der Waals surface area (Å²) in [5, 5.41) is 0. The number of esters is 2. The van der Waals surface area contributed by atoms with Crippen LogP contribution < -0.4 is 0 Å². The average molecular weight is 306 g/mol. The highest BCUT2D eigenvalue weighted by Gasteiger charge is 2.76. The summed E-state index contributed by atoms with van der Waals surface area (Å²) in [6.45, 7) is 5.83. The number of hydrogen-bond acceptors (Lipinski definition) is 4. The van der Waals surface area contributed by atoms with Gasteiger partial charge in [0.05, 0.1) is 5.41 Å². The van der Waals surface area contributed by atoms with Gasteiger partial charge in [-0.3, -0.25) is 4.79 Å². The third-order valence-corrected chi connectivity index (χ3v) is 6.38. The second kappa shape index (κ2) is 5.10. The Balaban J connectivity index is 1.80. The molecule has 3 rings (SSSR count). The molecule has 4 heteroatoms. The van der Waals surface area contributed by atoms with Crippen LogP contribution in [0.4, 0.5) is 0 Å². The predicted molar refractivity (Wildman–Crippen MR) is 82.1 cm³/mol. The third-order valence-electron chi connectivity index (χ3n) is 6.38. The first kappa shape index (κ1) is 15.6. The second-order valence-corrected chi connectivity index (χ2v) is 7.68. The summed E-state index contributed by atoms with van der Waals surface area (Å²) in [4.78, 5) is 25.1. The Morgan fingerprint density at radius 2 is 2.00 bits per heavy atom. The van der Waals surface area contributed by atoms with E-state index < -0.39 is 16.4 Å². The molecular weight excluding hydrogens is 280 g/mol. The fourth-order valence-corrected chi connectivity index (χ4v) is 4.16. The summed E-state index contributed by atoms with van der Waals surface area (Å²) in [7, 11) is 0. The maximum absolute atomic E-state index is 12.9. The third kappa shape index (κ3) is 1.95. The van der Waals surface area contributed by atoms with Gasteiger partial charge in [-0.15, -0.1) is 0 Å². The number of allylic oxidation sites excluding steroid dienone is 1. The van der Waals surface area contributed by atoms with Crippen LogP contribution in [0.2, 0.25) is 0 Å². The van der Waals surface area contributed by atoms with Gasteiger partial charge in [-0.1, -0.05) is 26.3 Å². The molecule has 2 fully saturated rings. The van der Waals surface area contributed by atoms with Crippen LogP contribution in [0, 0.1) is 10.8 Å². The first-order chi connectivity index (χ1) is 10.3. The predicted octanol–water partition coefficient (Wildman–Crippen LogP) is 3.54. The van der Waals surface area contributed by atoms with Crippen LogP contribution in [0.25, 0.3) is 0 Å². The number of rotatable bonds is 2. The van der Waals surface area contributed by atoms with Crippen LogP contribution >= 0.6 is 0 Å². The van der Waals surface area contributed by atoms with Crippen molar-refractivity contribution < 1.29 is 19.1 Å². The molecule has 0 spiro atoms. The van der Waals surface area contributed by atoms with Crippen molar-refractivity contribution >= 4 is 11.9 Å². The lowest BCUT2D eigenvalue weighted by molar-refractivity contribution is -0.185. The number of carbonyl (C=O) groups excluding carboxylic acids is 2. The van der Waals surface area contributed by atoms with E-state index in [2.05, 4.69) is 6.08 Å². The molecule has 0 aromatic heterocycles. The molecule has 122 valence electrons. The van der Waals surface area contributed by atoms with Crippen molar-refractivity contribution in [1.82, 2.24) is 0 Å². The lowest BCUT2D eigenvalue weighted by Gasteiger charge is -2.35. The van der Waals surface area contributed by atoms with Crippen molar-refractivity contribution in [3.05, 3.63) is 12.2 Å². The van der Waals surface area contributed by atoms with Gasteiger partial charge in [-0.2, -0.15) is 0 Å². The highest BCUT2D eigenvalue weighted by molar-refractivity contribution is 5.93. The SMILES string of the molecule is CC12CC[C@](C(=O)OC3/C=C\CCCCC3)(OC1=O)C2(C)C. The molecule has 1 aliphatic heterocycles. The largest absolute Gasteiger partial charge is 0.455 e. The molecule has 2 bridgehead atoms. The summed E-state index contributed by atoms with van der Waals surface area (Å²) < 4.78 is 11.3. The van der Waals surface area contributed by atoms with E-state index in [4.69, 9.17) is 9.47 Å². The molecule has 2 unspecified atom stereocenters. The minimum atomic E-state index is -1.10. The maximum atomic E-state index is 12.9. The van der Waals surface area contributed by atoms with E-state index in [0.29, 0.717) is 12.8 Å². The Morgan fingerprint density at radius 3 is 2.64 bits per heavy atom. The van der Waals surface area contributed by atoms with Gasteiger partial charge in [-0.05, 0) is 51.5 Å². The zero-order valence-corrected chi connectivity index (χ0v) is 13.8. The van der Waals surface area contributed by atoms with E-state index >= 15 is 0 Å². The van der Waals surface area contributed by atoms with Crippen molar-refractivity contribution in [2.24, 2.45) is 10.8 Å². The summed E-state index contributed by atoms with van der Waals surface area (Å²) in [6, 6.07) is 0. The minimum absolute atomic E-state index is 0.191. The second-order valence-electron chi connectivity index (χ2n) is 7.68. The number of hydrogen-bond donors (Lipinski definition) is 0. The Labute approximate surface area is 132 Å². The summed E-state index contributed by atoms with van der Waals surface area (Å²) in [6.07, 6.45) is 10.5. The Morgan fingerprint density at radius 1 is 1.23 bits per heavy atom. The van der Waals surface area contributed by atoms with E-state index in [1.54, 1.807) is 0 Å². The van der Waals surface area contributed by atoms with Gasteiger partial charge in [0, 0.05) is 5.41 Å². The molecule has 2 aliphatic carbocycles. The Hall–Kier alpha value is -1.32. The van der Waals surface area contributed by atoms with Crippen molar-refractivity contribution in [1.29, 1.82) is 0 Å². The van der Waals surface area contributed by atoms with Gasteiger partial charge >= 0.3 is 11.9 Å². The van der Waals surface area contributed by atoms with Gasteiger partial charge in [-0.25, -0.2) is 4.79 Å². The number of carbonyl (C=O) groups is 2. The van der Waals surface area contributed by atoms with Gasteiger partial charge in [0.15, 0.2) is 0 Å². The van der Waals surface area contributed by atoms with E-state index in [1.807, 2.05) is 26.8 Å². The summed E-state index contributed by atoms with van der Waals surface area (Å²) >= 11 is 0. The molecule has 1 saturated heterocycles. The minimum Gasteiger partial charge on any atom is -0.455 e. The Bertz CT molecular complexity index is 521. The average Bonchev–Trinajstić information content (AvgIpc) is 2.72. The molecule has 3 aliphatic rings. The topological polar surface area (TPSA) is 52.6 Å². The van der Waals surface area contributed by atoms with Crippen LogP contribution in [0.5, 0.6) is 0 Å². The molecule has 0 radical (unpaired) electrons. The molecule has 3 atom stereocenters. The first-order valence-electron chi connectivity index (χ1n) is 8.45. The van der Waals surface area contributed by atoms with E-state index in [0.717, 1.165) is 19.3 Å². The number of ether oxygens (including phenoxy) is 2. The van der Waals surface area contributed by atoms with Gasteiger partial charge in [0.1, 0.15) is 6.10 Å². The van der Waals surface area contributed by atoms with Gasteiger partial charge in [0.25, 0.3) is 0 Å². The van der Waals surface area contributed by atoms with Crippen LogP contribution in [0.15, 0.2) is 12.2 Å². The normalized spacial score (nSPS) is 41.4. The van der Waals surface area contributed by atoms with Gasteiger partial charge < -0.3 is 9.47 Å². The Kier molecular flexibility index (Phi) is 3.61. The van der Waals surface area contributed by atoms with Crippen LogP contribution in [0.1, 0.15) is 65.7 Å². The van der Waals surface area contributed by atoms with Crippen molar-refractivity contribution in [3.8, 4) is 0 Å². The summed E-state index contributed by atoms with van der Waals surface area (Å²) in [5.74, 6) is -0.615. The highest BCUT2D eigenvalue weighted by atomic mass is 16.6. The first-order valence-corrected chi connectivity index (χ1v) is 8.45.